The Hall–Kier alpha value is -1.25. The predicted molar refractivity (Wildman–Crippen MR) is 70.7 cm³/mol. The van der Waals surface area contributed by atoms with Crippen molar-refractivity contribution in [1.29, 1.82) is 0 Å². The van der Waals surface area contributed by atoms with E-state index in [4.69, 9.17) is 5.11 Å². The van der Waals surface area contributed by atoms with Crippen LogP contribution in [0.5, 0.6) is 0 Å². The van der Waals surface area contributed by atoms with E-state index in [1.807, 2.05) is 0 Å². The highest BCUT2D eigenvalue weighted by molar-refractivity contribution is 9.10. The van der Waals surface area contributed by atoms with Gasteiger partial charge in [-0.25, -0.2) is 12.8 Å². The standard InChI is InChI=1S/C11H11BrFNO4S/c1-2-5-14(7-11(15)16)19(17,18)10-4-3-8(12)6-9(10)13/h2-4,6H,1,5,7H2,(H,15,16). The van der Waals surface area contributed by atoms with Gasteiger partial charge in [0.2, 0.25) is 10.0 Å². The summed E-state index contributed by atoms with van der Waals surface area (Å²) in [5.41, 5.74) is 0. The van der Waals surface area contributed by atoms with Crippen LogP contribution in [-0.2, 0) is 14.8 Å². The van der Waals surface area contributed by atoms with Crippen molar-refractivity contribution in [2.24, 2.45) is 0 Å². The Kier molecular flexibility index (Phi) is 5.21. The molecule has 0 aliphatic carbocycles. The molecule has 19 heavy (non-hydrogen) atoms. The quantitative estimate of drug-likeness (QED) is 0.793. The lowest BCUT2D eigenvalue weighted by atomic mass is 10.3. The first kappa shape index (κ1) is 15.8. The van der Waals surface area contributed by atoms with Gasteiger partial charge in [0.25, 0.3) is 0 Å². The predicted octanol–water partition coefficient (Wildman–Crippen LogP) is 1.85. The van der Waals surface area contributed by atoms with Crippen molar-refractivity contribution in [3.8, 4) is 0 Å². The van der Waals surface area contributed by atoms with Crippen LogP contribution in [0, 0.1) is 5.82 Å². The molecule has 0 unspecified atom stereocenters. The van der Waals surface area contributed by atoms with Crippen LogP contribution in [0.1, 0.15) is 0 Å². The van der Waals surface area contributed by atoms with Gasteiger partial charge in [0.05, 0.1) is 0 Å². The lowest BCUT2D eigenvalue weighted by molar-refractivity contribution is -0.137. The van der Waals surface area contributed by atoms with E-state index < -0.39 is 33.3 Å². The number of benzene rings is 1. The third-order valence-electron chi connectivity index (χ3n) is 2.16. The van der Waals surface area contributed by atoms with E-state index in [1.54, 1.807) is 0 Å². The lowest BCUT2D eigenvalue weighted by Gasteiger charge is -2.19. The Bertz CT molecular complexity index is 603. The summed E-state index contributed by atoms with van der Waals surface area (Å²) in [6.45, 7) is 2.37. The average molecular weight is 352 g/mol. The summed E-state index contributed by atoms with van der Waals surface area (Å²) in [6.07, 6.45) is 1.23. The number of hydrogen-bond donors (Lipinski definition) is 1. The summed E-state index contributed by atoms with van der Waals surface area (Å²) in [6, 6.07) is 3.44. The molecule has 1 N–H and O–H groups in total. The van der Waals surface area contributed by atoms with Crippen molar-refractivity contribution < 1.29 is 22.7 Å². The van der Waals surface area contributed by atoms with Crippen LogP contribution in [0.3, 0.4) is 0 Å². The van der Waals surface area contributed by atoms with Crippen molar-refractivity contribution in [2.45, 2.75) is 4.90 Å². The van der Waals surface area contributed by atoms with Crippen molar-refractivity contribution in [2.75, 3.05) is 13.1 Å². The third kappa shape index (κ3) is 3.85. The van der Waals surface area contributed by atoms with Gasteiger partial charge in [-0.1, -0.05) is 22.0 Å². The van der Waals surface area contributed by atoms with E-state index >= 15 is 0 Å². The fourth-order valence-corrected chi connectivity index (χ4v) is 3.10. The Morgan fingerprint density at radius 1 is 1.53 bits per heavy atom. The topological polar surface area (TPSA) is 74.7 Å². The Morgan fingerprint density at radius 2 is 2.16 bits per heavy atom. The molecule has 1 rings (SSSR count). The first-order valence-electron chi connectivity index (χ1n) is 5.07. The second-order valence-electron chi connectivity index (χ2n) is 3.55. The van der Waals surface area contributed by atoms with Crippen molar-refractivity contribution in [3.63, 3.8) is 0 Å². The first-order chi connectivity index (χ1) is 8.78. The van der Waals surface area contributed by atoms with E-state index in [2.05, 4.69) is 22.5 Å². The maximum atomic E-state index is 13.7. The SMILES string of the molecule is C=CCN(CC(=O)O)S(=O)(=O)c1ccc(Br)cc1F. The van der Waals surface area contributed by atoms with Crippen LogP contribution < -0.4 is 0 Å². The number of rotatable bonds is 6. The van der Waals surface area contributed by atoms with Crippen LogP contribution in [0.4, 0.5) is 4.39 Å². The zero-order valence-electron chi connectivity index (χ0n) is 9.71. The minimum atomic E-state index is -4.22. The number of carbonyl (C=O) groups is 1. The van der Waals surface area contributed by atoms with Crippen LogP contribution in [-0.4, -0.2) is 36.9 Å². The largest absolute Gasteiger partial charge is 0.480 e. The molecule has 1 aromatic carbocycles. The highest BCUT2D eigenvalue weighted by Crippen LogP contribution is 2.22. The Morgan fingerprint density at radius 3 is 2.63 bits per heavy atom. The van der Waals surface area contributed by atoms with Gasteiger partial charge in [0.15, 0.2) is 0 Å². The molecule has 0 fully saturated rings. The van der Waals surface area contributed by atoms with E-state index in [0.29, 0.717) is 8.78 Å². The molecule has 0 saturated heterocycles. The van der Waals surface area contributed by atoms with Crippen LogP contribution in [0.25, 0.3) is 0 Å². The van der Waals surface area contributed by atoms with Crippen molar-refractivity contribution >= 4 is 31.9 Å². The molecule has 8 heteroatoms. The molecule has 0 spiro atoms. The van der Waals surface area contributed by atoms with E-state index in [-0.39, 0.29) is 6.54 Å². The van der Waals surface area contributed by atoms with E-state index in [1.165, 1.54) is 12.1 Å². The number of aliphatic carboxylic acids is 1. The summed E-state index contributed by atoms with van der Waals surface area (Å²) in [4.78, 5) is 10.1. The Balaban J connectivity index is 3.25. The minimum Gasteiger partial charge on any atom is -0.480 e. The highest BCUT2D eigenvalue weighted by Gasteiger charge is 2.28. The monoisotopic (exact) mass is 351 g/mol. The van der Waals surface area contributed by atoms with Crippen LogP contribution in [0.2, 0.25) is 0 Å². The zero-order valence-corrected chi connectivity index (χ0v) is 12.1. The average Bonchev–Trinajstić information content (AvgIpc) is 2.27. The van der Waals surface area contributed by atoms with Gasteiger partial charge >= 0.3 is 5.97 Å². The number of nitrogens with zero attached hydrogens (tertiary/aromatic N) is 1. The van der Waals surface area contributed by atoms with Gasteiger partial charge in [-0.15, -0.1) is 6.58 Å². The van der Waals surface area contributed by atoms with Gasteiger partial charge in [0.1, 0.15) is 17.3 Å². The number of hydrogen-bond acceptors (Lipinski definition) is 3. The second kappa shape index (κ2) is 6.27. The number of carboxylic acids is 1. The summed E-state index contributed by atoms with van der Waals surface area (Å²) >= 11 is 3.01. The molecule has 0 atom stereocenters. The minimum absolute atomic E-state index is 0.218. The van der Waals surface area contributed by atoms with Gasteiger partial charge in [-0.3, -0.25) is 4.79 Å². The van der Waals surface area contributed by atoms with Crippen LogP contribution >= 0.6 is 15.9 Å². The molecule has 0 aromatic heterocycles. The van der Waals surface area contributed by atoms with Gasteiger partial charge in [-0.05, 0) is 18.2 Å². The molecular weight excluding hydrogens is 341 g/mol. The smallest absolute Gasteiger partial charge is 0.318 e. The number of halogens is 2. The Labute approximate surface area is 118 Å². The molecule has 0 aliphatic rings. The number of sulfonamides is 1. The molecule has 104 valence electrons. The maximum absolute atomic E-state index is 13.7. The summed E-state index contributed by atoms with van der Waals surface area (Å²) in [5, 5.41) is 8.69. The molecule has 0 aliphatic heterocycles. The zero-order chi connectivity index (χ0) is 14.6. The second-order valence-corrected chi connectivity index (χ2v) is 6.38. The summed E-state index contributed by atoms with van der Waals surface area (Å²) in [7, 11) is -4.22. The molecular formula is C11H11BrFNO4S. The van der Waals surface area contributed by atoms with Gasteiger partial charge in [0, 0.05) is 11.0 Å². The third-order valence-corrected chi connectivity index (χ3v) is 4.49. The number of carboxylic acid groups (broad SMARTS) is 1. The lowest BCUT2D eigenvalue weighted by Crippen LogP contribution is -2.36. The molecule has 0 heterocycles. The summed E-state index contributed by atoms with van der Waals surface area (Å²) < 4.78 is 39.0. The van der Waals surface area contributed by atoms with Crippen LogP contribution in [0.15, 0.2) is 40.2 Å². The maximum Gasteiger partial charge on any atom is 0.318 e. The highest BCUT2D eigenvalue weighted by atomic mass is 79.9. The molecule has 0 amide bonds. The van der Waals surface area contributed by atoms with Crippen molar-refractivity contribution in [1.82, 2.24) is 4.31 Å². The molecule has 0 bridgehead atoms. The molecule has 0 radical (unpaired) electrons. The van der Waals surface area contributed by atoms with Crippen molar-refractivity contribution in [3.05, 3.63) is 41.1 Å². The molecule has 1 aromatic rings. The van der Waals surface area contributed by atoms with E-state index in [9.17, 15) is 17.6 Å². The molecule has 5 nitrogen and oxygen atoms in total. The van der Waals surface area contributed by atoms with Gasteiger partial charge < -0.3 is 5.11 Å². The fourth-order valence-electron chi connectivity index (χ4n) is 1.37. The normalized spacial score (nSPS) is 11.5. The first-order valence-corrected chi connectivity index (χ1v) is 7.30. The molecule has 0 saturated carbocycles. The van der Waals surface area contributed by atoms with Gasteiger partial charge in [-0.2, -0.15) is 4.31 Å². The fraction of sp³-hybridized carbons (Fsp3) is 0.182. The van der Waals surface area contributed by atoms with E-state index in [0.717, 1.165) is 12.1 Å². The summed E-state index contributed by atoms with van der Waals surface area (Å²) in [5.74, 6) is -2.28.